The number of amides is 1. The number of alkyl halides is 3. The van der Waals surface area contributed by atoms with Crippen molar-refractivity contribution in [3.8, 4) is 5.75 Å². The molecule has 140 valence electrons. The summed E-state index contributed by atoms with van der Waals surface area (Å²) in [5, 5.41) is 7.63. The third-order valence-electron chi connectivity index (χ3n) is 3.24. The number of rotatable bonds is 6. The molecule has 0 aliphatic carbocycles. The van der Waals surface area contributed by atoms with Gasteiger partial charge in [-0.25, -0.2) is 13.6 Å². The van der Waals surface area contributed by atoms with Gasteiger partial charge in [-0.3, -0.25) is 4.79 Å². The molecule has 0 bridgehead atoms. The van der Waals surface area contributed by atoms with E-state index in [0.29, 0.717) is 11.1 Å². The molecule has 0 saturated heterocycles. The highest BCUT2D eigenvalue weighted by Gasteiger charge is 2.30. The number of nitrogens with one attached hydrogen (secondary N) is 1. The smallest absolute Gasteiger partial charge is 0.406 e. The van der Waals surface area contributed by atoms with Crippen molar-refractivity contribution in [2.45, 2.75) is 24.2 Å². The van der Waals surface area contributed by atoms with E-state index in [1.54, 1.807) is 6.07 Å². The van der Waals surface area contributed by atoms with Gasteiger partial charge in [-0.1, -0.05) is 24.3 Å². The van der Waals surface area contributed by atoms with Crippen molar-refractivity contribution in [1.82, 2.24) is 5.32 Å². The van der Waals surface area contributed by atoms with Crippen LogP contribution in [0.5, 0.6) is 5.75 Å². The number of sulfonamides is 1. The van der Waals surface area contributed by atoms with Gasteiger partial charge in [0.15, 0.2) is 0 Å². The first-order valence-electron chi connectivity index (χ1n) is 7.26. The lowest BCUT2D eigenvalue weighted by molar-refractivity contribution is -0.274. The Morgan fingerprint density at radius 1 is 1.08 bits per heavy atom. The number of hydrogen-bond acceptors (Lipinski definition) is 4. The minimum Gasteiger partial charge on any atom is -0.406 e. The van der Waals surface area contributed by atoms with E-state index in [2.05, 4.69) is 10.1 Å². The van der Waals surface area contributed by atoms with E-state index in [1.807, 2.05) is 0 Å². The molecule has 0 aliphatic heterocycles. The Morgan fingerprint density at radius 3 is 2.31 bits per heavy atom. The van der Waals surface area contributed by atoms with E-state index >= 15 is 0 Å². The second-order valence-corrected chi connectivity index (χ2v) is 6.90. The number of halogens is 3. The highest BCUT2D eigenvalue weighted by molar-refractivity contribution is 7.89. The first kappa shape index (κ1) is 19.7. The molecule has 0 atom stereocenters. The third-order valence-corrected chi connectivity index (χ3v) is 4.15. The van der Waals surface area contributed by atoms with Crippen LogP contribution in [0.1, 0.15) is 11.1 Å². The van der Waals surface area contributed by atoms with Crippen molar-refractivity contribution in [2.24, 2.45) is 5.14 Å². The van der Waals surface area contributed by atoms with Crippen LogP contribution in [-0.2, 0) is 27.8 Å². The number of ether oxygens (including phenoxy) is 1. The molecule has 0 unspecified atom stereocenters. The molecule has 26 heavy (non-hydrogen) atoms. The number of carbonyl (C=O) groups is 1. The summed E-state index contributed by atoms with van der Waals surface area (Å²) in [5.41, 5.74) is 1.04. The Bertz CT molecular complexity index is 881. The van der Waals surface area contributed by atoms with Gasteiger partial charge >= 0.3 is 6.36 Å². The maximum absolute atomic E-state index is 12.1. The van der Waals surface area contributed by atoms with Crippen molar-refractivity contribution < 1.29 is 31.1 Å². The van der Waals surface area contributed by atoms with Gasteiger partial charge in [0.1, 0.15) is 5.75 Å². The normalized spacial score (nSPS) is 11.8. The first-order valence-corrected chi connectivity index (χ1v) is 8.81. The predicted molar refractivity (Wildman–Crippen MR) is 86.5 cm³/mol. The Kier molecular flexibility index (Phi) is 5.88. The lowest BCUT2D eigenvalue weighted by Gasteiger charge is -2.10. The third kappa shape index (κ3) is 6.37. The molecule has 1 amide bonds. The van der Waals surface area contributed by atoms with Crippen LogP contribution in [0.15, 0.2) is 53.4 Å². The standard InChI is InChI=1S/C16H15F3N2O4S/c17-16(18,19)25-13-6-4-11(5-7-13)9-15(22)21-10-12-2-1-3-14(8-12)26(20,23)24/h1-8H,9-10H2,(H,21,22)(H2,20,23,24). The van der Waals surface area contributed by atoms with Crippen molar-refractivity contribution in [1.29, 1.82) is 0 Å². The average molecular weight is 388 g/mol. The molecule has 2 rings (SSSR count). The maximum Gasteiger partial charge on any atom is 0.573 e. The summed E-state index contributed by atoms with van der Waals surface area (Å²) < 4.78 is 62.6. The van der Waals surface area contributed by atoms with Crippen LogP contribution in [0, 0.1) is 0 Å². The topological polar surface area (TPSA) is 98.5 Å². The molecule has 0 aliphatic rings. The minimum atomic E-state index is -4.77. The maximum atomic E-state index is 12.1. The Morgan fingerprint density at radius 2 is 1.73 bits per heavy atom. The minimum absolute atomic E-state index is 0.0544. The summed E-state index contributed by atoms with van der Waals surface area (Å²) in [6.45, 7) is 0.0808. The van der Waals surface area contributed by atoms with Gasteiger partial charge in [-0.15, -0.1) is 13.2 Å². The predicted octanol–water partition coefficient (Wildman–Crippen LogP) is 2.09. The molecule has 0 fully saturated rings. The molecule has 3 N–H and O–H groups in total. The molecular formula is C16H15F3N2O4S. The highest BCUT2D eigenvalue weighted by Crippen LogP contribution is 2.22. The van der Waals surface area contributed by atoms with Crippen molar-refractivity contribution in [3.05, 3.63) is 59.7 Å². The lowest BCUT2D eigenvalue weighted by atomic mass is 10.1. The van der Waals surface area contributed by atoms with Gasteiger partial charge in [0.25, 0.3) is 0 Å². The molecule has 6 nitrogen and oxygen atoms in total. The van der Waals surface area contributed by atoms with Crippen molar-refractivity contribution in [3.63, 3.8) is 0 Å². The Labute approximate surface area is 147 Å². The zero-order chi connectivity index (χ0) is 19.4. The SMILES string of the molecule is NS(=O)(=O)c1cccc(CNC(=O)Cc2ccc(OC(F)(F)F)cc2)c1. The fourth-order valence-electron chi connectivity index (χ4n) is 2.09. The summed E-state index contributed by atoms with van der Waals surface area (Å²) in [6, 6.07) is 10.7. The molecular weight excluding hydrogens is 373 g/mol. The number of carbonyl (C=O) groups excluding carboxylic acids is 1. The summed E-state index contributed by atoms with van der Waals surface area (Å²) in [6.07, 6.45) is -4.83. The number of nitrogens with two attached hydrogens (primary N) is 1. The average Bonchev–Trinajstić information content (AvgIpc) is 2.53. The molecule has 2 aromatic carbocycles. The van der Waals surface area contributed by atoms with Crippen LogP contribution in [0.2, 0.25) is 0 Å². The largest absolute Gasteiger partial charge is 0.573 e. The molecule has 2 aromatic rings. The summed E-state index contributed by atoms with van der Waals surface area (Å²) >= 11 is 0. The lowest BCUT2D eigenvalue weighted by Crippen LogP contribution is -2.24. The number of hydrogen-bond donors (Lipinski definition) is 2. The summed E-state index contributed by atoms with van der Waals surface area (Å²) in [7, 11) is -3.83. The van der Waals surface area contributed by atoms with Gasteiger partial charge in [0.2, 0.25) is 15.9 Å². The van der Waals surface area contributed by atoms with Crippen molar-refractivity contribution in [2.75, 3.05) is 0 Å². The van der Waals surface area contributed by atoms with E-state index in [9.17, 15) is 26.4 Å². The van der Waals surface area contributed by atoms with Crippen LogP contribution < -0.4 is 15.2 Å². The van der Waals surface area contributed by atoms with E-state index < -0.39 is 16.4 Å². The quantitative estimate of drug-likeness (QED) is 0.792. The molecule has 0 spiro atoms. The van der Waals surface area contributed by atoms with E-state index in [4.69, 9.17) is 5.14 Å². The van der Waals surface area contributed by atoms with Gasteiger partial charge in [0, 0.05) is 6.54 Å². The van der Waals surface area contributed by atoms with Crippen LogP contribution >= 0.6 is 0 Å². The number of primary sulfonamides is 1. The fourth-order valence-corrected chi connectivity index (χ4v) is 2.67. The summed E-state index contributed by atoms with van der Waals surface area (Å²) in [5.74, 6) is -0.753. The Hall–Kier alpha value is -2.59. The Balaban J connectivity index is 1.91. The van der Waals surface area contributed by atoms with Gasteiger partial charge < -0.3 is 10.1 Å². The zero-order valence-corrected chi connectivity index (χ0v) is 14.1. The fraction of sp³-hybridized carbons (Fsp3) is 0.188. The highest BCUT2D eigenvalue weighted by atomic mass is 32.2. The second kappa shape index (κ2) is 7.75. The van der Waals surface area contributed by atoms with Gasteiger partial charge in [0.05, 0.1) is 11.3 Å². The van der Waals surface area contributed by atoms with Crippen LogP contribution in [0.4, 0.5) is 13.2 Å². The van der Waals surface area contributed by atoms with Gasteiger partial charge in [-0.2, -0.15) is 0 Å². The van der Waals surface area contributed by atoms with Crippen LogP contribution in [-0.4, -0.2) is 20.7 Å². The van der Waals surface area contributed by atoms with Crippen LogP contribution in [0.25, 0.3) is 0 Å². The van der Waals surface area contributed by atoms with E-state index in [1.165, 1.54) is 30.3 Å². The molecule has 0 aromatic heterocycles. The van der Waals surface area contributed by atoms with Crippen LogP contribution in [0.3, 0.4) is 0 Å². The molecule has 0 saturated carbocycles. The second-order valence-electron chi connectivity index (χ2n) is 5.34. The monoisotopic (exact) mass is 388 g/mol. The molecule has 10 heteroatoms. The summed E-state index contributed by atoms with van der Waals surface area (Å²) in [4.78, 5) is 11.9. The van der Waals surface area contributed by atoms with E-state index in [-0.39, 0.29) is 29.5 Å². The first-order chi connectivity index (χ1) is 12.0. The van der Waals surface area contributed by atoms with Gasteiger partial charge in [-0.05, 0) is 35.4 Å². The molecule has 0 radical (unpaired) electrons. The van der Waals surface area contributed by atoms with E-state index in [0.717, 1.165) is 12.1 Å². The zero-order valence-electron chi connectivity index (χ0n) is 13.3. The number of benzene rings is 2. The molecule has 0 heterocycles. The van der Waals surface area contributed by atoms with Crippen molar-refractivity contribution >= 4 is 15.9 Å².